The number of allylic oxidation sites excluding steroid dienone is 2. The lowest BCUT2D eigenvalue weighted by atomic mass is 10.0. The molecule has 0 rings (SSSR count). The summed E-state index contributed by atoms with van der Waals surface area (Å²) in [6.45, 7) is 5.36. The summed E-state index contributed by atoms with van der Waals surface area (Å²) in [5.41, 5.74) is 0. The summed E-state index contributed by atoms with van der Waals surface area (Å²) in [4.78, 5) is 12.2. The third kappa shape index (κ3) is 41.5. The number of esters is 1. The molecular formula is C46H90O4. The average Bonchev–Trinajstić information content (AvgIpc) is 3.12. The van der Waals surface area contributed by atoms with Crippen molar-refractivity contribution >= 4 is 5.97 Å². The minimum Gasteiger partial charge on any atom is -0.457 e. The van der Waals surface area contributed by atoms with Gasteiger partial charge in [0.15, 0.2) is 0 Å². The molecule has 0 amide bonds. The SMILES string of the molecule is CCCCC/C=C\CCCCCCCC(=O)OC(CO)COCCCCCCCCCCCCCCCCCCCCCCCCCCCC. The second-order valence-electron chi connectivity index (χ2n) is 15.5. The van der Waals surface area contributed by atoms with E-state index in [0.29, 0.717) is 19.6 Å². The second kappa shape index (κ2) is 44.3. The van der Waals surface area contributed by atoms with E-state index in [0.717, 1.165) is 19.3 Å². The molecule has 298 valence electrons. The molecule has 0 radical (unpaired) electrons. The maximum absolute atomic E-state index is 12.2. The van der Waals surface area contributed by atoms with Crippen LogP contribution in [0, 0.1) is 0 Å². The molecule has 0 aliphatic heterocycles. The molecule has 4 nitrogen and oxygen atoms in total. The van der Waals surface area contributed by atoms with E-state index in [2.05, 4.69) is 26.0 Å². The summed E-state index contributed by atoms with van der Waals surface area (Å²) in [7, 11) is 0. The van der Waals surface area contributed by atoms with Gasteiger partial charge in [-0.25, -0.2) is 0 Å². The lowest BCUT2D eigenvalue weighted by Crippen LogP contribution is -2.27. The zero-order chi connectivity index (χ0) is 36.3. The number of aliphatic hydroxyl groups is 1. The minimum atomic E-state index is -0.532. The standard InChI is InChI=1S/C46H90O4/c1-3-5-7-9-11-13-15-17-18-19-20-21-22-23-24-25-26-27-28-29-30-32-34-36-38-40-42-49-44-45(43-47)50-46(48)41-39-37-35-33-31-16-14-12-10-8-6-4-2/h12,14,45,47H,3-11,13,15-44H2,1-2H3/b14-12-. The normalized spacial score (nSPS) is 12.3. The van der Waals surface area contributed by atoms with Crippen molar-refractivity contribution in [2.24, 2.45) is 0 Å². The molecule has 0 heterocycles. The highest BCUT2D eigenvalue weighted by atomic mass is 16.6. The van der Waals surface area contributed by atoms with Gasteiger partial charge in [-0.05, 0) is 38.5 Å². The Balaban J connectivity index is 3.31. The third-order valence-electron chi connectivity index (χ3n) is 10.3. The van der Waals surface area contributed by atoms with Gasteiger partial charge in [-0.2, -0.15) is 0 Å². The van der Waals surface area contributed by atoms with Crippen LogP contribution in [-0.4, -0.2) is 37.0 Å². The smallest absolute Gasteiger partial charge is 0.306 e. The Kier molecular flexibility index (Phi) is 43.5. The topological polar surface area (TPSA) is 55.8 Å². The Morgan fingerprint density at radius 3 is 1.18 bits per heavy atom. The van der Waals surface area contributed by atoms with Gasteiger partial charge in [0.25, 0.3) is 0 Å². The molecule has 0 aromatic carbocycles. The molecular weight excluding hydrogens is 617 g/mol. The fourth-order valence-electron chi connectivity index (χ4n) is 6.91. The van der Waals surface area contributed by atoms with Crippen LogP contribution < -0.4 is 0 Å². The van der Waals surface area contributed by atoms with Gasteiger partial charge in [0.2, 0.25) is 0 Å². The van der Waals surface area contributed by atoms with E-state index in [1.54, 1.807) is 0 Å². The molecule has 0 bridgehead atoms. The predicted molar refractivity (Wildman–Crippen MR) is 219 cm³/mol. The molecule has 0 aromatic rings. The first kappa shape index (κ1) is 49.1. The number of rotatable bonds is 43. The van der Waals surface area contributed by atoms with Crippen LogP contribution in [0.15, 0.2) is 12.2 Å². The number of carbonyl (C=O) groups excluding carboxylic acids is 1. The molecule has 0 aliphatic rings. The molecule has 0 aromatic heterocycles. The highest BCUT2D eigenvalue weighted by Gasteiger charge is 2.13. The van der Waals surface area contributed by atoms with Crippen LogP contribution in [0.2, 0.25) is 0 Å². The molecule has 0 aliphatic carbocycles. The van der Waals surface area contributed by atoms with Crippen molar-refractivity contribution < 1.29 is 19.4 Å². The Labute approximate surface area is 314 Å². The maximum atomic E-state index is 12.2. The number of hydrogen-bond acceptors (Lipinski definition) is 4. The molecule has 50 heavy (non-hydrogen) atoms. The highest BCUT2D eigenvalue weighted by molar-refractivity contribution is 5.69. The summed E-state index contributed by atoms with van der Waals surface area (Å²) in [5, 5.41) is 9.59. The van der Waals surface area contributed by atoms with Crippen molar-refractivity contribution in [3.63, 3.8) is 0 Å². The maximum Gasteiger partial charge on any atom is 0.306 e. The summed E-state index contributed by atoms with van der Waals surface area (Å²) >= 11 is 0. The Hall–Kier alpha value is -0.870. The lowest BCUT2D eigenvalue weighted by molar-refractivity contribution is -0.154. The predicted octanol–water partition coefficient (Wildman–Crippen LogP) is 14.9. The molecule has 0 saturated carbocycles. The molecule has 0 saturated heterocycles. The summed E-state index contributed by atoms with van der Waals surface area (Å²) in [6.07, 6.45) is 53.0. The van der Waals surface area contributed by atoms with E-state index in [9.17, 15) is 9.90 Å². The van der Waals surface area contributed by atoms with E-state index in [-0.39, 0.29) is 12.6 Å². The summed E-state index contributed by atoms with van der Waals surface area (Å²) < 4.78 is 11.2. The first-order chi connectivity index (χ1) is 24.7. The van der Waals surface area contributed by atoms with Gasteiger partial charge in [-0.1, -0.05) is 219 Å². The van der Waals surface area contributed by atoms with E-state index in [1.165, 1.54) is 212 Å². The first-order valence-corrected chi connectivity index (χ1v) is 22.8. The highest BCUT2D eigenvalue weighted by Crippen LogP contribution is 2.16. The molecule has 1 atom stereocenters. The van der Waals surface area contributed by atoms with Crippen LogP contribution in [0.3, 0.4) is 0 Å². The lowest BCUT2D eigenvalue weighted by Gasteiger charge is -2.15. The van der Waals surface area contributed by atoms with Gasteiger partial charge in [-0.3, -0.25) is 4.79 Å². The first-order valence-electron chi connectivity index (χ1n) is 22.8. The molecule has 0 fully saturated rings. The van der Waals surface area contributed by atoms with E-state index in [1.807, 2.05) is 0 Å². The third-order valence-corrected chi connectivity index (χ3v) is 10.3. The van der Waals surface area contributed by atoms with Gasteiger partial charge >= 0.3 is 5.97 Å². The minimum absolute atomic E-state index is 0.169. The van der Waals surface area contributed by atoms with E-state index < -0.39 is 6.10 Å². The fourth-order valence-corrected chi connectivity index (χ4v) is 6.91. The van der Waals surface area contributed by atoms with Gasteiger partial charge in [-0.15, -0.1) is 0 Å². The van der Waals surface area contributed by atoms with Gasteiger partial charge in [0.05, 0.1) is 13.2 Å². The van der Waals surface area contributed by atoms with Crippen LogP contribution >= 0.6 is 0 Å². The van der Waals surface area contributed by atoms with Crippen LogP contribution in [-0.2, 0) is 14.3 Å². The summed E-state index contributed by atoms with van der Waals surface area (Å²) in [5.74, 6) is -0.206. The van der Waals surface area contributed by atoms with E-state index >= 15 is 0 Å². The van der Waals surface area contributed by atoms with Crippen molar-refractivity contribution in [1.82, 2.24) is 0 Å². The van der Waals surface area contributed by atoms with Gasteiger partial charge in [0, 0.05) is 13.0 Å². The zero-order valence-corrected chi connectivity index (χ0v) is 34.2. The van der Waals surface area contributed by atoms with E-state index in [4.69, 9.17) is 9.47 Å². The molecule has 1 N–H and O–H groups in total. The Bertz CT molecular complexity index is 663. The largest absolute Gasteiger partial charge is 0.457 e. The quantitative estimate of drug-likeness (QED) is 0.0390. The molecule has 4 heteroatoms. The monoisotopic (exact) mass is 707 g/mol. The Morgan fingerprint density at radius 1 is 0.460 bits per heavy atom. The van der Waals surface area contributed by atoms with Crippen LogP contribution in [0.1, 0.15) is 251 Å². The molecule has 1 unspecified atom stereocenters. The Morgan fingerprint density at radius 2 is 0.780 bits per heavy atom. The number of aliphatic hydroxyl groups excluding tert-OH is 1. The van der Waals surface area contributed by atoms with Crippen molar-refractivity contribution in [2.45, 2.75) is 258 Å². The van der Waals surface area contributed by atoms with Crippen LogP contribution in [0.5, 0.6) is 0 Å². The van der Waals surface area contributed by atoms with Crippen molar-refractivity contribution in [3.05, 3.63) is 12.2 Å². The zero-order valence-electron chi connectivity index (χ0n) is 34.2. The number of unbranched alkanes of at least 4 members (excludes halogenated alkanes) is 33. The fraction of sp³-hybridized carbons (Fsp3) is 0.935. The van der Waals surface area contributed by atoms with Crippen molar-refractivity contribution in [3.8, 4) is 0 Å². The van der Waals surface area contributed by atoms with Crippen molar-refractivity contribution in [2.75, 3.05) is 19.8 Å². The van der Waals surface area contributed by atoms with Gasteiger partial charge in [0.1, 0.15) is 6.10 Å². The summed E-state index contributed by atoms with van der Waals surface area (Å²) in [6, 6.07) is 0. The molecule has 0 spiro atoms. The number of hydrogen-bond donors (Lipinski definition) is 1. The number of ether oxygens (including phenoxy) is 2. The second-order valence-corrected chi connectivity index (χ2v) is 15.5. The number of carbonyl (C=O) groups is 1. The van der Waals surface area contributed by atoms with Crippen LogP contribution in [0.4, 0.5) is 0 Å². The average molecular weight is 707 g/mol. The van der Waals surface area contributed by atoms with Crippen LogP contribution in [0.25, 0.3) is 0 Å². The van der Waals surface area contributed by atoms with Gasteiger partial charge < -0.3 is 14.6 Å². The van der Waals surface area contributed by atoms with Crippen molar-refractivity contribution in [1.29, 1.82) is 0 Å².